The third-order valence-electron chi connectivity index (χ3n) is 11.4. The minimum absolute atomic E-state index is 0.144. The molecule has 0 N–H and O–H groups in total. The lowest BCUT2D eigenvalue weighted by Gasteiger charge is -2.37. The summed E-state index contributed by atoms with van der Waals surface area (Å²) >= 11 is 0. The largest absolute Gasteiger partial charge is 0.0931 e. The molecule has 2 aliphatic carbocycles. The summed E-state index contributed by atoms with van der Waals surface area (Å²) in [6, 6.07) is 33.3. The molecule has 0 nitrogen and oxygen atoms in total. The van der Waals surface area contributed by atoms with Crippen molar-refractivity contribution in [1.82, 2.24) is 0 Å². The Morgan fingerprint density at radius 3 is 1.73 bits per heavy atom. The van der Waals surface area contributed by atoms with Gasteiger partial charge in [-0.15, -0.1) is 0 Å². The van der Waals surface area contributed by atoms with Gasteiger partial charge in [0.1, 0.15) is 0 Å². The molecule has 4 aromatic rings. The van der Waals surface area contributed by atoms with Gasteiger partial charge in [-0.2, -0.15) is 0 Å². The van der Waals surface area contributed by atoms with Crippen molar-refractivity contribution in [3.05, 3.63) is 129 Å². The quantitative estimate of drug-likeness (QED) is 0.148. The Morgan fingerprint density at radius 2 is 1.16 bits per heavy atom. The molecule has 0 fully saturated rings. The number of unbranched alkanes of at least 4 members (excludes halogenated alkanes) is 2. The molecule has 0 amide bonds. The number of allylic oxidation sites excluding steroid dienone is 2. The number of rotatable bonds is 10. The maximum absolute atomic E-state index is 2.72. The third-order valence-corrected chi connectivity index (χ3v) is 15.4. The Bertz CT molecular complexity index is 1860. The van der Waals surface area contributed by atoms with Gasteiger partial charge < -0.3 is 0 Å². The molecule has 0 spiro atoms. The van der Waals surface area contributed by atoms with Crippen molar-refractivity contribution >= 4 is 19.3 Å². The van der Waals surface area contributed by atoms with Crippen LogP contribution in [0.3, 0.4) is 0 Å². The van der Waals surface area contributed by atoms with Crippen molar-refractivity contribution in [3.63, 3.8) is 0 Å². The molecule has 0 saturated carbocycles. The van der Waals surface area contributed by atoms with E-state index in [2.05, 4.69) is 159 Å². The first-order chi connectivity index (χ1) is 23.3. The average Bonchev–Trinajstić information content (AvgIpc) is 3.65. The molecule has 0 radical (unpaired) electrons. The highest BCUT2D eigenvalue weighted by Crippen LogP contribution is 2.55. The van der Waals surface area contributed by atoms with Crippen LogP contribution in [-0.2, 0) is 17.3 Å². The van der Waals surface area contributed by atoms with Crippen LogP contribution in [-0.4, -0.2) is 8.07 Å². The van der Waals surface area contributed by atoms with Crippen LogP contribution in [0.4, 0.5) is 0 Å². The van der Waals surface area contributed by atoms with Crippen molar-refractivity contribution in [3.8, 4) is 22.3 Å². The fourth-order valence-corrected chi connectivity index (χ4v) is 13.3. The Hall–Kier alpha value is -3.42. The van der Waals surface area contributed by atoms with Crippen LogP contribution in [0.25, 0.3) is 33.5 Å². The molecule has 0 saturated heterocycles. The predicted octanol–water partition coefficient (Wildman–Crippen LogP) is 14.3. The summed E-state index contributed by atoms with van der Waals surface area (Å²) in [5.41, 5.74) is 18.7. The number of hydrogen-bond donors (Lipinski definition) is 0. The van der Waals surface area contributed by atoms with E-state index in [1.165, 1.54) is 77.5 Å². The molecule has 0 aliphatic heterocycles. The van der Waals surface area contributed by atoms with Gasteiger partial charge in [-0.3, -0.25) is 0 Å². The zero-order valence-corrected chi connectivity index (χ0v) is 33.2. The van der Waals surface area contributed by atoms with Gasteiger partial charge in [-0.05, 0) is 98.6 Å². The Labute approximate surface area is 299 Å². The Morgan fingerprint density at radius 1 is 0.633 bits per heavy atom. The Kier molecular flexibility index (Phi) is 9.91. The second-order valence-electron chi connectivity index (χ2n) is 17.5. The van der Waals surface area contributed by atoms with Crippen LogP contribution in [0.1, 0.15) is 133 Å². The first-order valence-corrected chi connectivity index (χ1v) is 22.2. The summed E-state index contributed by atoms with van der Waals surface area (Å²) < 4.78 is 0. The van der Waals surface area contributed by atoms with E-state index in [9.17, 15) is 0 Å². The van der Waals surface area contributed by atoms with Gasteiger partial charge in [0.25, 0.3) is 0 Å². The summed E-state index contributed by atoms with van der Waals surface area (Å²) in [5.74, 6) is 0. The third kappa shape index (κ3) is 6.85. The summed E-state index contributed by atoms with van der Waals surface area (Å²) in [4.78, 5) is 0. The monoisotopic (exact) mass is 664 g/mol. The zero-order chi connectivity index (χ0) is 35.1. The van der Waals surface area contributed by atoms with Gasteiger partial charge in [0.2, 0.25) is 0 Å². The molecule has 0 heterocycles. The molecular formula is C48H60Si. The van der Waals surface area contributed by atoms with Gasteiger partial charge in [-0.1, -0.05) is 189 Å². The summed E-state index contributed by atoms with van der Waals surface area (Å²) in [7, 11) is -2.16. The molecule has 0 aromatic heterocycles. The topological polar surface area (TPSA) is 0 Å². The van der Waals surface area contributed by atoms with Gasteiger partial charge >= 0.3 is 0 Å². The maximum Gasteiger partial charge on any atom is 0.0931 e. The van der Waals surface area contributed by atoms with Crippen molar-refractivity contribution in [2.24, 2.45) is 0 Å². The molecule has 49 heavy (non-hydrogen) atoms. The lowest BCUT2D eigenvalue weighted by Crippen LogP contribution is -2.38. The smallest absolute Gasteiger partial charge is 0.0659 e. The highest BCUT2D eigenvalue weighted by Gasteiger charge is 2.46. The van der Waals surface area contributed by atoms with E-state index in [0.29, 0.717) is 5.54 Å². The number of benzene rings is 4. The standard InChI is InChI=1S/C48H60Si/c1-11-13-17-37-31-35-19-15-21-41(33-23-27-39(28-24-33)47(3,4)5)43(35)45(37)49(9,10)46-38(18-14-12-2)32-36-20-16-22-42(44(36)46)34-25-29-40(30-26-34)48(6,7)8/h15-16,19-31,45H,11-14,17-18,32H2,1-10H3. The minimum atomic E-state index is -2.16. The molecule has 2 aliphatic rings. The van der Waals surface area contributed by atoms with E-state index in [0.717, 1.165) is 6.42 Å². The second kappa shape index (κ2) is 13.7. The molecule has 1 unspecified atom stereocenters. The molecule has 6 rings (SSSR count). The second-order valence-corrected chi connectivity index (χ2v) is 22.1. The van der Waals surface area contributed by atoms with Gasteiger partial charge in [0.15, 0.2) is 0 Å². The van der Waals surface area contributed by atoms with Gasteiger partial charge in [0.05, 0.1) is 8.07 Å². The lowest BCUT2D eigenvalue weighted by molar-refractivity contribution is 0.590. The van der Waals surface area contributed by atoms with Crippen LogP contribution in [0, 0.1) is 0 Å². The minimum Gasteiger partial charge on any atom is -0.0659 e. The SMILES string of the molecule is CCCCC1=Cc2cccc(-c3ccc(C(C)(C)C)cc3)c2C1[Si](C)(C)C1=C(CCCC)Cc2cccc(-c3ccc(C(C)(C)C)cc3)c21. The molecule has 1 atom stereocenters. The van der Waals surface area contributed by atoms with E-state index in [1.807, 2.05) is 0 Å². The zero-order valence-electron chi connectivity index (χ0n) is 32.2. The number of hydrogen-bond acceptors (Lipinski definition) is 0. The summed E-state index contributed by atoms with van der Waals surface area (Å²) in [6.45, 7) is 24.0. The normalized spacial score (nSPS) is 16.2. The molecule has 1 heteroatoms. The van der Waals surface area contributed by atoms with E-state index in [1.54, 1.807) is 33.0 Å². The molecule has 0 bridgehead atoms. The molecule has 256 valence electrons. The van der Waals surface area contributed by atoms with E-state index < -0.39 is 8.07 Å². The predicted molar refractivity (Wildman–Crippen MR) is 219 cm³/mol. The lowest BCUT2D eigenvalue weighted by atomic mass is 9.85. The van der Waals surface area contributed by atoms with Crippen LogP contribution in [0.15, 0.2) is 96.1 Å². The van der Waals surface area contributed by atoms with E-state index in [-0.39, 0.29) is 10.8 Å². The van der Waals surface area contributed by atoms with E-state index >= 15 is 0 Å². The van der Waals surface area contributed by atoms with Crippen LogP contribution in [0.5, 0.6) is 0 Å². The van der Waals surface area contributed by atoms with Crippen LogP contribution < -0.4 is 0 Å². The van der Waals surface area contributed by atoms with Crippen molar-refractivity contribution < 1.29 is 0 Å². The highest BCUT2D eigenvalue weighted by molar-refractivity contribution is 6.96. The van der Waals surface area contributed by atoms with Gasteiger partial charge in [0, 0.05) is 5.54 Å². The first-order valence-electron chi connectivity index (χ1n) is 19.2. The maximum atomic E-state index is 2.72. The van der Waals surface area contributed by atoms with Crippen molar-refractivity contribution in [2.45, 2.75) is 130 Å². The van der Waals surface area contributed by atoms with Gasteiger partial charge in [-0.25, -0.2) is 0 Å². The Balaban J connectivity index is 1.54. The van der Waals surface area contributed by atoms with Crippen LogP contribution >= 0.6 is 0 Å². The van der Waals surface area contributed by atoms with Crippen molar-refractivity contribution in [2.75, 3.05) is 0 Å². The first kappa shape index (κ1) is 35.4. The van der Waals surface area contributed by atoms with Crippen LogP contribution in [0.2, 0.25) is 13.1 Å². The molecular weight excluding hydrogens is 605 g/mol. The molecule has 4 aromatic carbocycles. The van der Waals surface area contributed by atoms with Crippen molar-refractivity contribution in [1.29, 1.82) is 0 Å². The summed E-state index contributed by atoms with van der Waals surface area (Å²) in [6.07, 6.45) is 11.1. The summed E-state index contributed by atoms with van der Waals surface area (Å²) in [5, 5.41) is 1.75. The number of fused-ring (bicyclic) bond motifs is 2. The highest BCUT2D eigenvalue weighted by atomic mass is 28.3. The van der Waals surface area contributed by atoms with E-state index in [4.69, 9.17) is 0 Å². The average molecular weight is 665 g/mol. The fourth-order valence-electron chi connectivity index (χ4n) is 8.78. The fraction of sp³-hybridized carbons (Fsp3) is 0.417.